The lowest BCUT2D eigenvalue weighted by Gasteiger charge is -2.20. The first-order valence-corrected chi connectivity index (χ1v) is 9.76. The first-order chi connectivity index (χ1) is 15.5. The molecule has 11 heteroatoms. The van der Waals surface area contributed by atoms with E-state index in [0.29, 0.717) is 34.4 Å². The number of anilines is 2. The van der Waals surface area contributed by atoms with Crippen LogP contribution in [0.1, 0.15) is 6.42 Å². The molecule has 3 aromatic rings. The van der Waals surface area contributed by atoms with E-state index in [1.54, 1.807) is 29.2 Å². The van der Waals surface area contributed by atoms with Crippen LogP contribution in [0.2, 0.25) is 0 Å². The van der Waals surface area contributed by atoms with Crippen LogP contribution in [0.15, 0.2) is 43.1 Å². The van der Waals surface area contributed by atoms with Gasteiger partial charge in [-0.3, -0.25) is 9.59 Å². The van der Waals surface area contributed by atoms with Gasteiger partial charge >= 0.3 is 0 Å². The summed E-state index contributed by atoms with van der Waals surface area (Å²) in [5, 5.41) is 6.83. The third-order valence-corrected chi connectivity index (χ3v) is 5.13. The third-order valence-electron chi connectivity index (χ3n) is 5.13. The number of methoxy groups -OCH3 is 3. The van der Waals surface area contributed by atoms with E-state index in [2.05, 4.69) is 20.4 Å². The van der Waals surface area contributed by atoms with Crippen LogP contribution in [0.3, 0.4) is 0 Å². The number of pyridine rings is 1. The van der Waals surface area contributed by atoms with Crippen LogP contribution < -0.4 is 24.4 Å². The highest BCUT2D eigenvalue weighted by Gasteiger charge is 2.36. The Morgan fingerprint density at radius 1 is 1.12 bits per heavy atom. The van der Waals surface area contributed by atoms with Gasteiger partial charge in [-0.15, -0.1) is 0 Å². The smallest absolute Gasteiger partial charge is 0.229 e. The van der Waals surface area contributed by atoms with Crippen LogP contribution in [0.25, 0.3) is 5.82 Å². The summed E-state index contributed by atoms with van der Waals surface area (Å²) >= 11 is 0. The molecule has 0 bridgehead atoms. The van der Waals surface area contributed by atoms with Crippen molar-refractivity contribution in [3.63, 3.8) is 0 Å². The van der Waals surface area contributed by atoms with Crippen LogP contribution in [-0.2, 0) is 9.59 Å². The fourth-order valence-electron chi connectivity index (χ4n) is 3.52. The Balaban J connectivity index is 1.47. The minimum absolute atomic E-state index is 0.0902. The normalized spacial score (nSPS) is 15.5. The number of hydrogen-bond acceptors (Lipinski definition) is 8. The monoisotopic (exact) mass is 438 g/mol. The van der Waals surface area contributed by atoms with Crippen molar-refractivity contribution < 1.29 is 23.8 Å². The van der Waals surface area contributed by atoms with Crippen molar-refractivity contribution in [3.05, 3.63) is 43.1 Å². The van der Waals surface area contributed by atoms with Crippen molar-refractivity contribution in [3.8, 4) is 23.1 Å². The van der Waals surface area contributed by atoms with Crippen molar-refractivity contribution in [1.82, 2.24) is 19.7 Å². The maximum Gasteiger partial charge on any atom is 0.229 e. The molecule has 4 rings (SSSR count). The molecule has 3 heterocycles. The second-order valence-corrected chi connectivity index (χ2v) is 7.02. The minimum Gasteiger partial charge on any atom is -0.493 e. The number of carbonyl (C=O) groups is 2. The fraction of sp³-hybridized carbons (Fsp3) is 0.286. The van der Waals surface area contributed by atoms with Gasteiger partial charge in [0.2, 0.25) is 17.6 Å². The predicted molar refractivity (Wildman–Crippen MR) is 114 cm³/mol. The first kappa shape index (κ1) is 21.1. The van der Waals surface area contributed by atoms with Crippen molar-refractivity contribution in [2.45, 2.75) is 6.42 Å². The van der Waals surface area contributed by atoms with E-state index in [9.17, 15) is 9.59 Å². The summed E-state index contributed by atoms with van der Waals surface area (Å²) in [7, 11) is 4.52. The zero-order valence-corrected chi connectivity index (χ0v) is 17.8. The number of nitrogens with one attached hydrogen (secondary N) is 1. The Morgan fingerprint density at radius 3 is 2.44 bits per heavy atom. The molecular weight excluding hydrogens is 416 g/mol. The van der Waals surface area contributed by atoms with E-state index >= 15 is 0 Å². The topological polar surface area (TPSA) is 121 Å². The molecule has 2 amide bonds. The van der Waals surface area contributed by atoms with Crippen LogP contribution in [0.4, 0.5) is 11.4 Å². The summed E-state index contributed by atoms with van der Waals surface area (Å²) in [6, 6.07) is 6.81. The Labute approximate surface area is 183 Å². The van der Waals surface area contributed by atoms with Gasteiger partial charge in [0.15, 0.2) is 17.3 Å². The third kappa shape index (κ3) is 4.04. The molecule has 1 unspecified atom stereocenters. The molecule has 1 aliphatic heterocycles. The van der Waals surface area contributed by atoms with Crippen LogP contribution in [0, 0.1) is 5.92 Å². The molecule has 1 N–H and O–H groups in total. The van der Waals surface area contributed by atoms with Crippen LogP contribution in [0.5, 0.6) is 17.2 Å². The molecule has 166 valence electrons. The molecule has 1 aromatic carbocycles. The minimum atomic E-state index is -0.517. The van der Waals surface area contributed by atoms with Gasteiger partial charge in [0.25, 0.3) is 0 Å². The number of hydrogen-bond donors (Lipinski definition) is 1. The van der Waals surface area contributed by atoms with Crippen LogP contribution >= 0.6 is 0 Å². The summed E-state index contributed by atoms with van der Waals surface area (Å²) in [4.78, 5) is 35.1. The van der Waals surface area contributed by atoms with Gasteiger partial charge in [-0.25, -0.2) is 14.6 Å². The number of benzene rings is 1. The van der Waals surface area contributed by atoms with Gasteiger partial charge < -0.3 is 24.4 Å². The van der Waals surface area contributed by atoms with Gasteiger partial charge in [0, 0.05) is 25.1 Å². The van der Waals surface area contributed by atoms with E-state index in [1.165, 1.54) is 44.9 Å². The Morgan fingerprint density at radius 2 is 1.88 bits per heavy atom. The number of rotatable bonds is 7. The highest BCUT2D eigenvalue weighted by molar-refractivity contribution is 6.03. The zero-order chi connectivity index (χ0) is 22.7. The Bertz CT molecular complexity index is 1090. The highest BCUT2D eigenvalue weighted by Crippen LogP contribution is 2.42. The van der Waals surface area contributed by atoms with E-state index in [4.69, 9.17) is 14.2 Å². The Kier molecular flexibility index (Phi) is 5.88. The number of aromatic nitrogens is 4. The van der Waals surface area contributed by atoms with Gasteiger partial charge in [0.1, 0.15) is 12.7 Å². The number of ether oxygens (including phenoxy) is 3. The molecule has 0 aliphatic carbocycles. The van der Waals surface area contributed by atoms with Crippen LogP contribution in [-0.4, -0.2) is 59.4 Å². The summed E-state index contributed by atoms with van der Waals surface area (Å²) in [5.74, 6) is 0.924. The molecular formula is C21H22N6O5. The van der Waals surface area contributed by atoms with Crippen molar-refractivity contribution in [1.29, 1.82) is 0 Å². The van der Waals surface area contributed by atoms with Crippen molar-refractivity contribution in [2.24, 2.45) is 5.92 Å². The van der Waals surface area contributed by atoms with E-state index < -0.39 is 5.92 Å². The molecule has 32 heavy (non-hydrogen) atoms. The summed E-state index contributed by atoms with van der Waals surface area (Å²) < 4.78 is 17.6. The maximum absolute atomic E-state index is 12.8. The highest BCUT2D eigenvalue weighted by atomic mass is 16.5. The largest absolute Gasteiger partial charge is 0.493 e. The van der Waals surface area contributed by atoms with Gasteiger partial charge in [-0.05, 0) is 12.1 Å². The van der Waals surface area contributed by atoms with Crippen molar-refractivity contribution >= 4 is 23.2 Å². The van der Waals surface area contributed by atoms with E-state index in [0.717, 1.165) is 0 Å². The molecule has 0 saturated carbocycles. The SMILES string of the molecule is COc1cc(N2CC(C(=O)Nc3ccc(-n4cncn4)nc3)CC2=O)cc(OC)c1OC. The summed E-state index contributed by atoms with van der Waals surface area (Å²) in [6.07, 6.45) is 4.56. The number of carbonyl (C=O) groups excluding carboxylic acids is 2. The molecule has 1 atom stereocenters. The van der Waals surface area contributed by atoms with E-state index in [-0.39, 0.29) is 24.8 Å². The average molecular weight is 438 g/mol. The number of nitrogens with zero attached hydrogens (tertiary/aromatic N) is 5. The van der Waals surface area contributed by atoms with Crippen molar-refractivity contribution in [2.75, 3.05) is 38.1 Å². The lowest BCUT2D eigenvalue weighted by molar-refractivity contribution is -0.122. The molecule has 1 fully saturated rings. The molecule has 2 aromatic heterocycles. The predicted octanol–water partition coefficient (Wildman–Crippen LogP) is 1.68. The lowest BCUT2D eigenvalue weighted by Crippen LogP contribution is -2.28. The van der Waals surface area contributed by atoms with Gasteiger partial charge in [-0.1, -0.05) is 0 Å². The molecule has 1 saturated heterocycles. The second-order valence-electron chi connectivity index (χ2n) is 7.02. The molecule has 0 spiro atoms. The number of amides is 2. The lowest BCUT2D eigenvalue weighted by atomic mass is 10.1. The molecule has 1 aliphatic rings. The average Bonchev–Trinajstić information content (AvgIpc) is 3.48. The fourth-order valence-corrected chi connectivity index (χ4v) is 3.52. The van der Waals surface area contributed by atoms with E-state index in [1.807, 2.05) is 0 Å². The first-order valence-electron chi connectivity index (χ1n) is 9.76. The molecule has 0 radical (unpaired) electrons. The summed E-state index contributed by atoms with van der Waals surface area (Å²) in [6.45, 7) is 0.230. The maximum atomic E-state index is 12.8. The quantitative estimate of drug-likeness (QED) is 0.592. The molecule has 11 nitrogen and oxygen atoms in total. The van der Waals surface area contributed by atoms with Gasteiger partial charge in [0.05, 0.1) is 44.8 Å². The van der Waals surface area contributed by atoms with Gasteiger partial charge in [-0.2, -0.15) is 5.10 Å². The standard InChI is InChI=1S/C21H22N6O5/c1-30-16-7-15(8-17(31-2)20(16)32-3)26-10-13(6-19(26)28)21(29)25-14-4-5-18(23-9-14)27-12-22-11-24-27/h4-5,7-9,11-13H,6,10H2,1-3H3,(H,25,29). The zero-order valence-electron chi connectivity index (χ0n) is 17.8. The second kappa shape index (κ2) is 8.92. The Hall–Kier alpha value is -4.15. The summed E-state index contributed by atoms with van der Waals surface area (Å²) in [5.41, 5.74) is 1.09.